The van der Waals surface area contributed by atoms with Crippen molar-refractivity contribution in [2.45, 2.75) is 55.4 Å². The molecule has 0 bridgehead atoms. The van der Waals surface area contributed by atoms with Crippen molar-refractivity contribution in [2.75, 3.05) is 7.11 Å². The van der Waals surface area contributed by atoms with Gasteiger partial charge in [0.25, 0.3) is 0 Å². The van der Waals surface area contributed by atoms with E-state index < -0.39 is 33.6 Å². The molecule has 3 aromatic rings. The second-order valence-corrected chi connectivity index (χ2v) is 9.72. The molecule has 3 aromatic heterocycles. The molecule has 0 saturated heterocycles. The van der Waals surface area contributed by atoms with E-state index in [4.69, 9.17) is 4.74 Å². The number of hydrogen-bond donors (Lipinski definition) is 1. The summed E-state index contributed by atoms with van der Waals surface area (Å²) in [5, 5.41) is 10.5. The summed E-state index contributed by atoms with van der Waals surface area (Å²) < 4.78 is 73.4. The summed E-state index contributed by atoms with van der Waals surface area (Å²) in [4.78, 5) is 8.27. The van der Waals surface area contributed by atoms with Crippen LogP contribution >= 0.6 is 0 Å². The van der Waals surface area contributed by atoms with Crippen molar-refractivity contribution in [1.29, 1.82) is 5.26 Å². The molecule has 3 atom stereocenters. The average molecular weight is 494 g/mol. The maximum atomic E-state index is 13.1. The highest BCUT2D eigenvalue weighted by Crippen LogP contribution is 2.42. The fourth-order valence-corrected chi connectivity index (χ4v) is 5.41. The Labute approximate surface area is 194 Å². The van der Waals surface area contributed by atoms with Crippen LogP contribution in [0.2, 0.25) is 0 Å². The molecule has 2 unspecified atom stereocenters. The molecule has 4 rings (SSSR count). The Morgan fingerprint density at radius 1 is 1.29 bits per heavy atom. The Bertz CT molecular complexity index is 1350. The van der Waals surface area contributed by atoms with Gasteiger partial charge in [0.2, 0.25) is 10.0 Å². The minimum absolute atomic E-state index is 0.0832. The average Bonchev–Trinajstić information content (AvgIpc) is 3.10. The van der Waals surface area contributed by atoms with E-state index in [1.54, 1.807) is 30.2 Å². The van der Waals surface area contributed by atoms with Gasteiger partial charge in [-0.2, -0.15) is 23.2 Å². The number of methoxy groups -OCH3 is 1. The highest BCUT2D eigenvalue weighted by atomic mass is 32.2. The van der Waals surface area contributed by atoms with Gasteiger partial charge in [-0.3, -0.25) is 4.98 Å². The molecule has 1 N–H and O–H groups in total. The molecular formula is C22H22F3N5O3S. The minimum Gasteiger partial charge on any atom is -0.379 e. The number of nitrogens with one attached hydrogen (secondary N) is 1. The predicted molar refractivity (Wildman–Crippen MR) is 117 cm³/mol. The van der Waals surface area contributed by atoms with Crippen molar-refractivity contribution >= 4 is 21.1 Å². The summed E-state index contributed by atoms with van der Waals surface area (Å²) in [6.45, 7) is 1.24. The second kappa shape index (κ2) is 8.98. The van der Waals surface area contributed by atoms with Gasteiger partial charge in [-0.15, -0.1) is 0 Å². The summed E-state index contributed by atoms with van der Waals surface area (Å²) in [6, 6.07) is 5.94. The largest absolute Gasteiger partial charge is 0.404 e. The van der Waals surface area contributed by atoms with Gasteiger partial charge in [-0.25, -0.2) is 13.4 Å². The molecule has 0 amide bonds. The number of aromatic nitrogens is 3. The Balaban J connectivity index is 1.79. The first-order chi connectivity index (χ1) is 16.1. The lowest BCUT2D eigenvalue weighted by molar-refractivity contribution is -0.151. The van der Waals surface area contributed by atoms with Crippen LogP contribution in [-0.2, 0) is 14.8 Å². The Morgan fingerprint density at radius 2 is 2.06 bits per heavy atom. The van der Waals surface area contributed by atoms with Gasteiger partial charge in [-0.1, -0.05) is 6.92 Å². The van der Waals surface area contributed by atoms with Crippen LogP contribution in [-0.4, -0.2) is 48.4 Å². The van der Waals surface area contributed by atoms with Gasteiger partial charge in [0.15, 0.2) is 0 Å². The van der Waals surface area contributed by atoms with Gasteiger partial charge >= 0.3 is 6.18 Å². The van der Waals surface area contributed by atoms with Crippen LogP contribution in [0.4, 0.5) is 13.2 Å². The molecule has 1 fully saturated rings. The van der Waals surface area contributed by atoms with Crippen LogP contribution in [0.15, 0.2) is 41.6 Å². The molecule has 1 aliphatic rings. The number of ether oxygens (including phenoxy) is 1. The zero-order valence-electron chi connectivity index (χ0n) is 18.4. The summed E-state index contributed by atoms with van der Waals surface area (Å²) in [6.07, 6.45) is -1.01. The molecule has 1 aliphatic carbocycles. The minimum atomic E-state index is -4.72. The van der Waals surface area contributed by atoms with E-state index in [1.165, 1.54) is 19.1 Å². The van der Waals surface area contributed by atoms with Gasteiger partial charge in [-0.05, 0) is 43.5 Å². The van der Waals surface area contributed by atoms with Crippen LogP contribution in [0, 0.1) is 11.3 Å². The second-order valence-electron chi connectivity index (χ2n) is 8.00. The zero-order valence-corrected chi connectivity index (χ0v) is 19.2. The third kappa shape index (κ3) is 4.15. The SMILES string of the molecule is CC[C@H](NS(=O)(=O)c1ccc(-c2c(C#N)c3cccnc3n2C2CCC2OC)nc1)C(F)(F)F. The van der Waals surface area contributed by atoms with Crippen LogP contribution in [0.5, 0.6) is 0 Å². The van der Waals surface area contributed by atoms with Crippen LogP contribution in [0.3, 0.4) is 0 Å². The predicted octanol–water partition coefficient (Wildman–Crippen LogP) is 3.94. The molecule has 12 heteroatoms. The molecule has 0 radical (unpaired) electrons. The first-order valence-electron chi connectivity index (χ1n) is 10.6. The monoisotopic (exact) mass is 493 g/mol. The number of alkyl halides is 3. The quantitative estimate of drug-likeness (QED) is 0.534. The number of rotatable bonds is 7. The Hall–Kier alpha value is -3.01. The van der Waals surface area contributed by atoms with Crippen molar-refractivity contribution in [3.63, 3.8) is 0 Å². The molecular weight excluding hydrogens is 471 g/mol. The molecule has 0 aliphatic heterocycles. The standard InChI is InChI=1S/C22H22F3N5O3S/c1-3-19(22(23,24)25)29-34(31,32)13-6-7-16(28-12-13)20-15(11-26)14-5-4-10-27-21(14)30(20)17-8-9-18(17)33-2/h4-7,10,12,17-19,29H,3,8-9H2,1-2H3/t17?,18?,19-/m0/s1. The van der Waals surface area contributed by atoms with Gasteiger partial charge in [0.1, 0.15) is 22.7 Å². The number of hydrogen-bond acceptors (Lipinski definition) is 6. The maximum Gasteiger partial charge on any atom is 0.404 e. The van der Waals surface area contributed by atoms with E-state index in [1.807, 2.05) is 4.57 Å². The summed E-state index contributed by atoms with van der Waals surface area (Å²) in [7, 11) is -2.86. The maximum absolute atomic E-state index is 13.1. The van der Waals surface area contributed by atoms with Crippen molar-refractivity contribution in [2.24, 2.45) is 0 Å². The molecule has 34 heavy (non-hydrogen) atoms. The van der Waals surface area contributed by atoms with Crippen molar-refractivity contribution in [3.05, 3.63) is 42.2 Å². The Morgan fingerprint density at radius 3 is 2.59 bits per heavy atom. The van der Waals surface area contributed by atoms with Gasteiger partial charge in [0, 0.05) is 24.9 Å². The highest BCUT2D eigenvalue weighted by Gasteiger charge is 2.41. The lowest BCUT2D eigenvalue weighted by Gasteiger charge is -2.37. The van der Waals surface area contributed by atoms with E-state index in [0.29, 0.717) is 28.0 Å². The fourth-order valence-electron chi connectivity index (χ4n) is 4.16. The topological polar surface area (TPSA) is 110 Å². The number of nitrogens with zero attached hydrogens (tertiary/aromatic N) is 4. The molecule has 8 nitrogen and oxygen atoms in total. The lowest BCUT2D eigenvalue weighted by atomic mass is 9.88. The van der Waals surface area contributed by atoms with Crippen molar-refractivity contribution < 1.29 is 26.3 Å². The third-order valence-electron chi connectivity index (χ3n) is 6.07. The first kappa shape index (κ1) is 24.1. The summed E-state index contributed by atoms with van der Waals surface area (Å²) in [5.74, 6) is 0. The number of fused-ring (bicyclic) bond motifs is 1. The third-order valence-corrected chi connectivity index (χ3v) is 7.53. The van der Waals surface area contributed by atoms with E-state index >= 15 is 0 Å². The molecule has 0 aromatic carbocycles. The van der Waals surface area contributed by atoms with Crippen LogP contribution < -0.4 is 4.72 Å². The number of sulfonamides is 1. The van der Waals surface area contributed by atoms with Gasteiger partial charge in [0.05, 0.1) is 29.1 Å². The first-order valence-corrected chi connectivity index (χ1v) is 12.1. The van der Waals surface area contributed by atoms with Crippen LogP contribution in [0.25, 0.3) is 22.4 Å². The molecule has 180 valence electrons. The van der Waals surface area contributed by atoms with E-state index in [0.717, 1.165) is 19.0 Å². The zero-order chi connectivity index (χ0) is 24.7. The molecule has 1 saturated carbocycles. The van der Waals surface area contributed by atoms with Crippen molar-refractivity contribution in [1.82, 2.24) is 19.3 Å². The van der Waals surface area contributed by atoms with Crippen LogP contribution in [0.1, 0.15) is 37.8 Å². The smallest absolute Gasteiger partial charge is 0.379 e. The number of nitriles is 1. The summed E-state index contributed by atoms with van der Waals surface area (Å²) >= 11 is 0. The highest BCUT2D eigenvalue weighted by molar-refractivity contribution is 7.89. The van der Waals surface area contributed by atoms with Gasteiger partial charge < -0.3 is 9.30 Å². The lowest BCUT2D eigenvalue weighted by Crippen LogP contribution is -2.44. The van der Waals surface area contributed by atoms with Crippen molar-refractivity contribution in [3.8, 4) is 17.5 Å². The van der Waals surface area contributed by atoms with E-state index in [2.05, 4.69) is 16.0 Å². The number of halogens is 3. The summed E-state index contributed by atoms with van der Waals surface area (Å²) in [5.41, 5.74) is 1.67. The normalized spacial score (nSPS) is 19.5. The van der Waals surface area contributed by atoms with E-state index in [-0.39, 0.29) is 12.1 Å². The Kier molecular flexibility index (Phi) is 6.37. The molecule has 0 spiro atoms. The molecule has 3 heterocycles. The van der Waals surface area contributed by atoms with E-state index in [9.17, 15) is 26.9 Å². The fraction of sp³-hybridized carbons (Fsp3) is 0.409. The number of pyridine rings is 2.